The first-order chi connectivity index (χ1) is 13.9. The van der Waals surface area contributed by atoms with Crippen molar-refractivity contribution in [3.8, 4) is 5.75 Å². The number of benzene rings is 2. The van der Waals surface area contributed by atoms with E-state index >= 15 is 0 Å². The van der Waals surface area contributed by atoms with Crippen LogP contribution < -0.4 is 15.0 Å². The molecule has 0 unspecified atom stereocenters. The van der Waals surface area contributed by atoms with E-state index in [-0.39, 0.29) is 11.3 Å². The average molecular weight is 389 g/mol. The van der Waals surface area contributed by atoms with Crippen molar-refractivity contribution in [2.24, 2.45) is 0 Å². The SMILES string of the molecule is C=CCOc1cccc(C=C[C@]23NC(=O)CCN2c2ccc(C)cc2C3(C)C)c1. The Morgan fingerprint density at radius 2 is 2.07 bits per heavy atom. The summed E-state index contributed by atoms with van der Waals surface area (Å²) in [4.78, 5) is 14.8. The van der Waals surface area contributed by atoms with Crippen molar-refractivity contribution in [2.45, 2.75) is 38.3 Å². The summed E-state index contributed by atoms with van der Waals surface area (Å²) < 4.78 is 5.66. The third-order valence-corrected chi connectivity index (χ3v) is 6.13. The van der Waals surface area contributed by atoms with Gasteiger partial charge < -0.3 is 15.0 Å². The van der Waals surface area contributed by atoms with Gasteiger partial charge in [0.05, 0.1) is 0 Å². The van der Waals surface area contributed by atoms with Crippen LogP contribution in [0.1, 0.15) is 37.0 Å². The van der Waals surface area contributed by atoms with Gasteiger partial charge in [-0.15, -0.1) is 0 Å². The molecule has 1 amide bonds. The molecule has 1 N–H and O–H groups in total. The molecule has 2 aliphatic heterocycles. The topological polar surface area (TPSA) is 41.6 Å². The zero-order valence-electron chi connectivity index (χ0n) is 17.4. The highest BCUT2D eigenvalue weighted by atomic mass is 16.5. The standard InChI is InChI=1S/C25H28N2O2/c1-5-15-29-20-8-6-7-19(17-20)11-13-25-24(3,4)21-16-18(2)9-10-22(21)27(25)14-12-23(28)26-25/h5-11,13,16-17H,1,12,14-15H2,2-4H3,(H,26,28)/t25-/m0/s1. The summed E-state index contributed by atoms with van der Waals surface area (Å²) in [6.45, 7) is 11.4. The molecule has 0 bridgehead atoms. The summed E-state index contributed by atoms with van der Waals surface area (Å²) in [6.07, 6.45) is 6.47. The van der Waals surface area contributed by atoms with Gasteiger partial charge in [-0.2, -0.15) is 0 Å². The van der Waals surface area contributed by atoms with E-state index in [2.05, 4.69) is 67.9 Å². The zero-order chi connectivity index (χ0) is 20.6. The summed E-state index contributed by atoms with van der Waals surface area (Å²) in [5.41, 5.74) is 3.85. The number of rotatable bonds is 5. The summed E-state index contributed by atoms with van der Waals surface area (Å²) >= 11 is 0. The fourth-order valence-corrected chi connectivity index (χ4v) is 4.55. The summed E-state index contributed by atoms with van der Waals surface area (Å²) in [7, 11) is 0. The molecule has 1 fully saturated rings. The largest absolute Gasteiger partial charge is 0.490 e. The average Bonchev–Trinajstić information content (AvgIpc) is 2.89. The fraction of sp³-hybridized carbons (Fsp3) is 0.320. The molecule has 4 rings (SSSR count). The molecule has 1 saturated heterocycles. The molecule has 4 heteroatoms. The van der Waals surface area contributed by atoms with Crippen LogP contribution in [-0.4, -0.2) is 24.7 Å². The van der Waals surface area contributed by atoms with E-state index < -0.39 is 5.66 Å². The molecule has 2 heterocycles. The quantitative estimate of drug-likeness (QED) is 0.762. The van der Waals surface area contributed by atoms with E-state index in [1.54, 1.807) is 6.08 Å². The van der Waals surface area contributed by atoms with Gasteiger partial charge >= 0.3 is 0 Å². The van der Waals surface area contributed by atoms with E-state index in [1.165, 1.54) is 16.8 Å². The first-order valence-electron chi connectivity index (χ1n) is 10.1. The van der Waals surface area contributed by atoms with Gasteiger partial charge in [-0.3, -0.25) is 4.79 Å². The smallest absolute Gasteiger partial charge is 0.223 e. The minimum absolute atomic E-state index is 0.0894. The normalized spacial score (nSPS) is 22.2. The number of fused-ring (bicyclic) bond motifs is 3. The minimum Gasteiger partial charge on any atom is -0.490 e. The van der Waals surface area contributed by atoms with Gasteiger partial charge in [-0.1, -0.05) is 62.4 Å². The third kappa shape index (κ3) is 3.13. The molecule has 2 aromatic carbocycles. The van der Waals surface area contributed by atoms with Gasteiger partial charge in [0.15, 0.2) is 0 Å². The number of ether oxygens (including phenoxy) is 1. The van der Waals surface area contributed by atoms with E-state index in [0.717, 1.165) is 11.3 Å². The lowest BCUT2D eigenvalue weighted by Gasteiger charge is -2.49. The van der Waals surface area contributed by atoms with E-state index in [4.69, 9.17) is 4.74 Å². The number of hydrogen-bond donors (Lipinski definition) is 1. The second kappa shape index (κ2) is 7.11. The van der Waals surface area contributed by atoms with Crippen LogP contribution in [0.2, 0.25) is 0 Å². The van der Waals surface area contributed by atoms with Crippen LogP contribution in [0.5, 0.6) is 5.75 Å². The molecule has 29 heavy (non-hydrogen) atoms. The highest BCUT2D eigenvalue weighted by Gasteiger charge is 2.57. The molecule has 0 spiro atoms. The highest BCUT2D eigenvalue weighted by Crippen LogP contribution is 2.52. The number of anilines is 1. The van der Waals surface area contributed by atoms with Gasteiger partial charge in [0.1, 0.15) is 18.0 Å². The van der Waals surface area contributed by atoms with Crippen LogP contribution in [0.25, 0.3) is 6.08 Å². The molecule has 0 aliphatic carbocycles. The Bertz CT molecular complexity index is 992. The maximum absolute atomic E-state index is 12.5. The molecule has 150 valence electrons. The monoisotopic (exact) mass is 388 g/mol. The lowest BCUT2D eigenvalue weighted by atomic mass is 9.74. The van der Waals surface area contributed by atoms with Gasteiger partial charge in [0.2, 0.25) is 5.91 Å². The Labute approximate surface area is 172 Å². The maximum atomic E-state index is 12.5. The number of nitrogens with one attached hydrogen (secondary N) is 1. The molecule has 2 aliphatic rings. The highest BCUT2D eigenvalue weighted by molar-refractivity contribution is 5.84. The van der Waals surface area contributed by atoms with Crippen molar-refractivity contribution in [3.05, 3.63) is 77.9 Å². The van der Waals surface area contributed by atoms with Crippen molar-refractivity contribution in [1.82, 2.24) is 5.32 Å². The van der Waals surface area contributed by atoms with E-state index in [0.29, 0.717) is 19.6 Å². The van der Waals surface area contributed by atoms with E-state index in [9.17, 15) is 4.79 Å². The summed E-state index contributed by atoms with van der Waals surface area (Å²) in [5, 5.41) is 3.32. The number of carbonyl (C=O) groups is 1. The Morgan fingerprint density at radius 1 is 1.24 bits per heavy atom. The molecule has 0 radical (unpaired) electrons. The third-order valence-electron chi connectivity index (χ3n) is 6.13. The first kappa shape index (κ1) is 19.3. The molecule has 2 aromatic rings. The van der Waals surface area contributed by atoms with Gasteiger partial charge in [0.25, 0.3) is 0 Å². The lowest BCUT2D eigenvalue weighted by Crippen LogP contribution is -2.68. The predicted octanol–water partition coefficient (Wildman–Crippen LogP) is 4.59. The predicted molar refractivity (Wildman–Crippen MR) is 118 cm³/mol. The second-order valence-corrected chi connectivity index (χ2v) is 8.37. The van der Waals surface area contributed by atoms with Crippen molar-refractivity contribution < 1.29 is 9.53 Å². The van der Waals surface area contributed by atoms with Crippen LogP contribution in [0.3, 0.4) is 0 Å². The molecule has 1 atom stereocenters. The van der Waals surface area contributed by atoms with E-state index in [1.807, 2.05) is 24.3 Å². The number of hydrogen-bond acceptors (Lipinski definition) is 3. The number of nitrogens with zero attached hydrogens (tertiary/aromatic N) is 1. The Balaban J connectivity index is 1.76. The molecule has 0 aromatic heterocycles. The Hall–Kier alpha value is -3.01. The second-order valence-electron chi connectivity index (χ2n) is 8.37. The zero-order valence-corrected chi connectivity index (χ0v) is 17.4. The number of amides is 1. The van der Waals surface area contributed by atoms with Crippen molar-refractivity contribution in [2.75, 3.05) is 18.1 Å². The maximum Gasteiger partial charge on any atom is 0.223 e. The number of carbonyl (C=O) groups excluding carboxylic acids is 1. The van der Waals surface area contributed by atoms with Crippen molar-refractivity contribution in [1.29, 1.82) is 0 Å². The van der Waals surface area contributed by atoms with Crippen molar-refractivity contribution in [3.63, 3.8) is 0 Å². The van der Waals surface area contributed by atoms with Gasteiger partial charge in [0, 0.05) is 24.1 Å². The summed E-state index contributed by atoms with van der Waals surface area (Å²) in [5.74, 6) is 0.894. The molecule has 0 saturated carbocycles. The summed E-state index contributed by atoms with van der Waals surface area (Å²) in [6, 6.07) is 14.5. The van der Waals surface area contributed by atoms with Gasteiger partial charge in [-0.05, 0) is 42.3 Å². The van der Waals surface area contributed by atoms with Crippen molar-refractivity contribution >= 4 is 17.7 Å². The minimum atomic E-state index is -0.601. The molecular weight excluding hydrogens is 360 g/mol. The lowest BCUT2D eigenvalue weighted by molar-refractivity contribution is -0.124. The van der Waals surface area contributed by atoms with Crippen LogP contribution in [0.4, 0.5) is 5.69 Å². The van der Waals surface area contributed by atoms with Crippen LogP contribution in [-0.2, 0) is 10.2 Å². The first-order valence-corrected chi connectivity index (χ1v) is 10.1. The Morgan fingerprint density at radius 3 is 2.86 bits per heavy atom. The van der Waals surface area contributed by atoms with Crippen LogP contribution >= 0.6 is 0 Å². The number of aryl methyl sites for hydroxylation is 1. The molecular formula is C25H28N2O2. The Kier molecular flexibility index (Phi) is 4.73. The van der Waals surface area contributed by atoms with Crippen LogP contribution in [0.15, 0.2) is 61.2 Å². The molecule has 4 nitrogen and oxygen atoms in total. The van der Waals surface area contributed by atoms with Crippen LogP contribution in [0, 0.1) is 6.92 Å². The van der Waals surface area contributed by atoms with Gasteiger partial charge in [-0.25, -0.2) is 0 Å². The fourth-order valence-electron chi connectivity index (χ4n) is 4.55.